The van der Waals surface area contributed by atoms with E-state index in [2.05, 4.69) is 22.4 Å². The van der Waals surface area contributed by atoms with Crippen molar-refractivity contribution < 1.29 is 0 Å². The van der Waals surface area contributed by atoms with Gasteiger partial charge < -0.3 is 5.32 Å². The predicted octanol–water partition coefficient (Wildman–Crippen LogP) is 2.64. The molecule has 2 nitrogen and oxygen atoms in total. The summed E-state index contributed by atoms with van der Waals surface area (Å²) < 4.78 is 0. The average Bonchev–Trinajstić information content (AvgIpc) is 2.74. The van der Waals surface area contributed by atoms with Crippen LogP contribution >= 0.6 is 0 Å². The van der Waals surface area contributed by atoms with Crippen molar-refractivity contribution in [3.05, 3.63) is 29.6 Å². The number of nitrogens with zero attached hydrogens (tertiary/aromatic N) is 1. The predicted molar refractivity (Wildman–Crippen MR) is 65.6 cm³/mol. The first kappa shape index (κ1) is 10.3. The van der Waals surface area contributed by atoms with Gasteiger partial charge in [0.2, 0.25) is 0 Å². The van der Waals surface area contributed by atoms with E-state index in [1.54, 1.807) is 0 Å². The van der Waals surface area contributed by atoms with Gasteiger partial charge >= 0.3 is 0 Å². The summed E-state index contributed by atoms with van der Waals surface area (Å²) in [5.41, 5.74) is 2.87. The van der Waals surface area contributed by atoms with Gasteiger partial charge in [-0.05, 0) is 50.3 Å². The molecule has 1 saturated heterocycles. The highest BCUT2D eigenvalue weighted by molar-refractivity contribution is 5.28. The highest BCUT2D eigenvalue weighted by Crippen LogP contribution is 2.35. The first-order valence-electron chi connectivity index (χ1n) is 6.60. The second-order valence-corrected chi connectivity index (χ2v) is 5.17. The van der Waals surface area contributed by atoms with Crippen LogP contribution in [0.15, 0.2) is 18.3 Å². The minimum absolute atomic E-state index is 0.715. The molecule has 2 unspecified atom stereocenters. The minimum atomic E-state index is 0.715. The molecule has 86 valence electrons. The Morgan fingerprint density at radius 2 is 2.31 bits per heavy atom. The second-order valence-electron chi connectivity index (χ2n) is 5.17. The largest absolute Gasteiger partial charge is 0.314 e. The molecule has 16 heavy (non-hydrogen) atoms. The van der Waals surface area contributed by atoms with E-state index in [1.807, 2.05) is 6.20 Å². The van der Waals surface area contributed by atoms with Crippen LogP contribution in [0.1, 0.15) is 49.3 Å². The molecule has 0 bridgehead atoms. The zero-order valence-corrected chi connectivity index (χ0v) is 9.78. The molecule has 0 spiro atoms. The van der Waals surface area contributed by atoms with Crippen molar-refractivity contribution in [3.8, 4) is 0 Å². The van der Waals surface area contributed by atoms with E-state index in [0.717, 1.165) is 6.04 Å². The average molecular weight is 216 g/mol. The van der Waals surface area contributed by atoms with Gasteiger partial charge in [-0.15, -0.1) is 0 Å². The summed E-state index contributed by atoms with van der Waals surface area (Å²) in [6, 6.07) is 5.06. The van der Waals surface area contributed by atoms with Crippen LogP contribution in [0, 0.1) is 0 Å². The van der Waals surface area contributed by atoms with E-state index >= 15 is 0 Å². The fourth-order valence-electron chi connectivity index (χ4n) is 3.19. The molecule has 2 atom stereocenters. The Bertz CT molecular complexity index is 356. The molecule has 0 amide bonds. The lowest BCUT2D eigenvalue weighted by molar-refractivity contribution is 0.357. The van der Waals surface area contributed by atoms with Crippen LogP contribution in [-0.4, -0.2) is 17.6 Å². The number of pyridine rings is 1. The fourth-order valence-corrected chi connectivity index (χ4v) is 3.19. The zero-order valence-electron chi connectivity index (χ0n) is 9.78. The van der Waals surface area contributed by atoms with Gasteiger partial charge in [0, 0.05) is 23.9 Å². The standard InChI is InChI=1S/C14H20N2/c1-2-8-15-13(5-1)10-12-7-6-11-4-3-9-16-14(11)12/h3-4,9,12-13,15H,1-2,5-8,10H2. The van der Waals surface area contributed by atoms with E-state index in [-0.39, 0.29) is 0 Å². The van der Waals surface area contributed by atoms with Crippen molar-refractivity contribution in [2.45, 2.75) is 50.5 Å². The molecule has 1 aromatic heterocycles. The maximum absolute atomic E-state index is 4.58. The number of nitrogens with one attached hydrogen (secondary N) is 1. The summed E-state index contributed by atoms with van der Waals surface area (Å²) in [5, 5.41) is 3.65. The lowest BCUT2D eigenvalue weighted by Crippen LogP contribution is -2.35. The molecule has 0 radical (unpaired) electrons. The Kier molecular flexibility index (Phi) is 2.92. The Labute approximate surface area is 97.5 Å². The van der Waals surface area contributed by atoms with Crippen LogP contribution in [0.3, 0.4) is 0 Å². The van der Waals surface area contributed by atoms with Crippen molar-refractivity contribution in [1.29, 1.82) is 0 Å². The molecule has 2 heteroatoms. The lowest BCUT2D eigenvalue weighted by atomic mass is 9.92. The first-order valence-corrected chi connectivity index (χ1v) is 6.60. The summed E-state index contributed by atoms with van der Waals surface area (Å²) in [4.78, 5) is 4.58. The quantitative estimate of drug-likeness (QED) is 0.822. The molecule has 1 aliphatic carbocycles. The van der Waals surface area contributed by atoms with Crippen LogP contribution in [0.5, 0.6) is 0 Å². The first-order chi connectivity index (χ1) is 7.93. The smallest absolute Gasteiger partial charge is 0.0467 e. The van der Waals surface area contributed by atoms with Gasteiger partial charge in [-0.25, -0.2) is 0 Å². The number of hydrogen-bond donors (Lipinski definition) is 1. The van der Waals surface area contributed by atoms with Crippen molar-refractivity contribution in [2.24, 2.45) is 0 Å². The van der Waals surface area contributed by atoms with Gasteiger partial charge in [0.25, 0.3) is 0 Å². The molecule has 2 heterocycles. The third-order valence-corrected chi connectivity index (χ3v) is 4.06. The summed E-state index contributed by atoms with van der Waals surface area (Å²) >= 11 is 0. The summed E-state index contributed by atoms with van der Waals surface area (Å²) in [6.45, 7) is 1.21. The van der Waals surface area contributed by atoms with Gasteiger partial charge in [0.15, 0.2) is 0 Å². The Balaban J connectivity index is 1.68. The van der Waals surface area contributed by atoms with Gasteiger partial charge in [-0.1, -0.05) is 12.5 Å². The Hall–Kier alpha value is -0.890. The number of hydrogen-bond acceptors (Lipinski definition) is 2. The topological polar surface area (TPSA) is 24.9 Å². The normalized spacial score (nSPS) is 29.0. The van der Waals surface area contributed by atoms with Gasteiger partial charge in [0.1, 0.15) is 0 Å². The minimum Gasteiger partial charge on any atom is -0.314 e. The number of fused-ring (bicyclic) bond motifs is 1. The Morgan fingerprint density at radius 1 is 1.31 bits per heavy atom. The molecular weight excluding hydrogens is 196 g/mol. The van der Waals surface area contributed by atoms with Crippen molar-refractivity contribution in [2.75, 3.05) is 6.54 Å². The van der Waals surface area contributed by atoms with Crippen molar-refractivity contribution in [3.63, 3.8) is 0 Å². The third kappa shape index (κ3) is 1.99. The summed E-state index contributed by atoms with van der Waals surface area (Å²) in [5.74, 6) is 0.715. The van der Waals surface area contributed by atoms with Gasteiger partial charge in [0.05, 0.1) is 0 Å². The number of piperidine rings is 1. The van der Waals surface area contributed by atoms with E-state index in [0.29, 0.717) is 5.92 Å². The van der Waals surface area contributed by atoms with Crippen LogP contribution < -0.4 is 5.32 Å². The summed E-state index contributed by atoms with van der Waals surface area (Å²) in [7, 11) is 0. The molecule has 3 rings (SSSR count). The van der Waals surface area contributed by atoms with E-state index < -0.39 is 0 Å². The molecule has 0 saturated carbocycles. The summed E-state index contributed by atoms with van der Waals surface area (Å²) in [6.07, 6.45) is 9.91. The van der Waals surface area contributed by atoms with Gasteiger partial charge in [-0.3, -0.25) is 4.98 Å². The van der Waals surface area contributed by atoms with Crippen LogP contribution in [0.2, 0.25) is 0 Å². The zero-order chi connectivity index (χ0) is 10.8. The molecule has 2 aliphatic rings. The van der Waals surface area contributed by atoms with Crippen molar-refractivity contribution >= 4 is 0 Å². The van der Waals surface area contributed by atoms with E-state index in [1.165, 1.54) is 56.3 Å². The van der Waals surface area contributed by atoms with Gasteiger partial charge in [-0.2, -0.15) is 0 Å². The molecule has 1 aromatic rings. The third-order valence-electron chi connectivity index (χ3n) is 4.06. The Morgan fingerprint density at radius 3 is 3.19 bits per heavy atom. The maximum Gasteiger partial charge on any atom is 0.0467 e. The molecule has 1 aliphatic heterocycles. The lowest BCUT2D eigenvalue weighted by Gasteiger charge is -2.26. The maximum atomic E-state index is 4.58. The molecule has 0 aromatic carbocycles. The fraction of sp³-hybridized carbons (Fsp3) is 0.643. The van der Waals surface area contributed by atoms with Crippen LogP contribution in [-0.2, 0) is 6.42 Å². The second kappa shape index (κ2) is 4.54. The SMILES string of the molecule is c1cnc2c(c1)CCC2CC1CCCCN1. The van der Waals surface area contributed by atoms with Crippen LogP contribution in [0.4, 0.5) is 0 Å². The number of aryl methyl sites for hydroxylation is 1. The number of aromatic nitrogens is 1. The van der Waals surface area contributed by atoms with E-state index in [9.17, 15) is 0 Å². The highest BCUT2D eigenvalue weighted by atomic mass is 14.9. The highest BCUT2D eigenvalue weighted by Gasteiger charge is 2.26. The van der Waals surface area contributed by atoms with Crippen LogP contribution in [0.25, 0.3) is 0 Å². The monoisotopic (exact) mass is 216 g/mol. The molecule has 1 fully saturated rings. The van der Waals surface area contributed by atoms with E-state index in [4.69, 9.17) is 0 Å². The number of rotatable bonds is 2. The molecule has 1 N–H and O–H groups in total. The van der Waals surface area contributed by atoms with Crippen molar-refractivity contribution in [1.82, 2.24) is 10.3 Å². The molecular formula is C14H20N2.